The molecule has 1 atom stereocenters. The number of para-hydroxylation sites is 2. The van der Waals surface area contributed by atoms with E-state index in [-0.39, 0.29) is 6.61 Å². The van der Waals surface area contributed by atoms with Crippen molar-refractivity contribution < 1.29 is 5.11 Å². The molecule has 0 bridgehead atoms. The topological polar surface area (TPSA) is 52.1 Å². The number of H-pyrrole nitrogens is 1. The lowest BCUT2D eigenvalue weighted by Crippen LogP contribution is -2.37. The summed E-state index contributed by atoms with van der Waals surface area (Å²) in [7, 11) is 0. The fourth-order valence-electron chi connectivity index (χ4n) is 2.50. The molecule has 1 fully saturated rings. The largest absolute Gasteiger partial charge is 0.396 e. The summed E-state index contributed by atoms with van der Waals surface area (Å²) in [6.07, 6.45) is 2.25. The molecule has 1 aromatic carbocycles. The number of aliphatic hydroxyl groups excluding tert-OH is 1. The van der Waals surface area contributed by atoms with Gasteiger partial charge in [-0.3, -0.25) is 0 Å². The van der Waals surface area contributed by atoms with E-state index < -0.39 is 0 Å². The second-order valence-corrected chi connectivity index (χ2v) is 4.71. The van der Waals surface area contributed by atoms with Crippen molar-refractivity contribution in [3.05, 3.63) is 24.3 Å². The third kappa shape index (κ3) is 2.00. The maximum Gasteiger partial charge on any atom is 0.203 e. The van der Waals surface area contributed by atoms with E-state index in [2.05, 4.69) is 14.9 Å². The molecule has 1 aliphatic heterocycles. The van der Waals surface area contributed by atoms with Gasteiger partial charge >= 0.3 is 0 Å². The predicted molar refractivity (Wildman–Crippen MR) is 68.1 cm³/mol. The van der Waals surface area contributed by atoms with E-state index in [1.165, 1.54) is 0 Å². The number of nitrogens with one attached hydrogen (secondary N) is 1. The lowest BCUT2D eigenvalue weighted by Gasteiger charge is -2.31. The van der Waals surface area contributed by atoms with Crippen molar-refractivity contribution in [2.45, 2.75) is 12.8 Å². The highest BCUT2D eigenvalue weighted by Gasteiger charge is 2.21. The fourth-order valence-corrected chi connectivity index (χ4v) is 2.50. The Balaban J connectivity index is 1.87. The van der Waals surface area contributed by atoms with Gasteiger partial charge in [-0.1, -0.05) is 12.1 Å². The average molecular weight is 231 g/mol. The van der Waals surface area contributed by atoms with Crippen LogP contribution in [0.15, 0.2) is 24.3 Å². The Morgan fingerprint density at radius 2 is 2.29 bits per heavy atom. The second-order valence-electron chi connectivity index (χ2n) is 4.71. The van der Waals surface area contributed by atoms with E-state index in [4.69, 9.17) is 0 Å². The van der Waals surface area contributed by atoms with Crippen molar-refractivity contribution in [2.75, 3.05) is 24.6 Å². The summed E-state index contributed by atoms with van der Waals surface area (Å²) < 4.78 is 0. The molecular weight excluding hydrogens is 214 g/mol. The molecule has 4 heteroatoms. The summed E-state index contributed by atoms with van der Waals surface area (Å²) in [6.45, 7) is 2.20. The van der Waals surface area contributed by atoms with E-state index in [9.17, 15) is 5.11 Å². The quantitative estimate of drug-likeness (QED) is 0.828. The summed E-state index contributed by atoms with van der Waals surface area (Å²) in [5.74, 6) is 1.32. The number of rotatable bonds is 2. The van der Waals surface area contributed by atoms with Crippen LogP contribution < -0.4 is 4.90 Å². The molecule has 1 saturated heterocycles. The SMILES string of the molecule is OC[C@@H]1CCCN(c2nc3ccccc3[nH]2)C1. The Morgan fingerprint density at radius 1 is 1.41 bits per heavy atom. The Kier molecular flexibility index (Phi) is 2.73. The number of aromatic amines is 1. The number of hydrogen-bond acceptors (Lipinski definition) is 3. The molecule has 0 radical (unpaired) electrons. The molecule has 17 heavy (non-hydrogen) atoms. The van der Waals surface area contributed by atoms with Crippen molar-refractivity contribution in [3.63, 3.8) is 0 Å². The monoisotopic (exact) mass is 231 g/mol. The van der Waals surface area contributed by atoms with Gasteiger partial charge in [-0.05, 0) is 30.9 Å². The molecule has 0 amide bonds. The molecule has 90 valence electrons. The molecule has 0 spiro atoms. The first kappa shape index (κ1) is 10.6. The standard InChI is InChI=1S/C13H17N3O/c17-9-10-4-3-7-16(8-10)13-14-11-5-1-2-6-12(11)15-13/h1-2,5-6,10,17H,3-4,7-9H2,(H,14,15)/t10-/m1/s1. The molecule has 2 aromatic rings. The minimum atomic E-state index is 0.275. The molecule has 0 unspecified atom stereocenters. The van der Waals surface area contributed by atoms with Crippen molar-refractivity contribution in [1.29, 1.82) is 0 Å². The third-order valence-corrected chi connectivity index (χ3v) is 3.45. The van der Waals surface area contributed by atoms with Crippen LogP contribution in [0.3, 0.4) is 0 Å². The van der Waals surface area contributed by atoms with Crippen molar-refractivity contribution in [1.82, 2.24) is 9.97 Å². The number of aliphatic hydroxyl groups is 1. The van der Waals surface area contributed by atoms with Crippen LogP contribution in [0, 0.1) is 5.92 Å². The van der Waals surface area contributed by atoms with Gasteiger partial charge in [0.25, 0.3) is 0 Å². The zero-order chi connectivity index (χ0) is 11.7. The normalized spacial score (nSPS) is 21.0. The first-order valence-electron chi connectivity index (χ1n) is 6.17. The Labute approximate surface area is 100 Å². The highest BCUT2D eigenvalue weighted by atomic mass is 16.3. The van der Waals surface area contributed by atoms with Gasteiger partial charge in [0.15, 0.2) is 0 Å². The number of imidazole rings is 1. The van der Waals surface area contributed by atoms with Crippen molar-refractivity contribution >= 4 is 17.0 Å². The minimum absolute atomic E-state index is 0.275. The molecule has 3 rings (SSSR count). The Morgan fingerprint density at radius 3 is 3.12 bits per heavy atom. The first-order valence-corrected chi connectivity index (χ1v) is 6.17. The van der Waals surface area contributed by atoms with Gasteiger partial charge in [-0.15, -0.1) is 0 Å². The van der Waals surface area contributed by atoms with Crippen LogP contribution in [0.2, 0.25) is 0 Å². The molecule has 2 heterocycles. The third-order valence-electron chi connectivity index (χ3n) is 3.45. The van der Waals surface area contributed by atoms with E-state index in [0.717, 1.165) is 42.9 Å². The predicted octanol–water partition coefficient (Wildman–Crippen LogP) is 1.77. The van der Waals surface area contributed by atoms with E-state index in [0.29, 0.717) is 5.92 Å². The number of fused-ring (bicyclic) bond motifs is 1. The van der Waals surface area contributed by atoms with Crippen molar-refractivity contribution in [3.8, 4) is 0 Å². The van der Waals surface area contributed by atoms with Gasteiger partial charge in [0, 0.05) is 19.7 Å². The Hall–Kier alpha value is -1.55. The number of nitrogens with zero attached hydrogens (tertiary/aromatic N) is 2. The number of hydrogen-bond donors (Lipinski definition) is 2. The average Bonchev–Trinajstić information content (AvgIpc) is 2.82. The molecule has 2 N–H and O–H groups in total. The molecule has 1 aromatic heterocycles. The van der Waals surface area contributed by atoms with Gasteiger partial charge < -0.3 is 15.0 Å². The lowest BCUT2D eigenvalue weighted by molar-refractivity contribution is 0.208. The smallest absolute Gasteiger partial charge is 0.203 e. The molecule has 0 saturated carbocycles. The summed E-state index contributed by atoms with van der Waals surface area (Å²) in [5, 5.41) is 9.24. The maximum atomic E-state index is 9.24. The van der Waals surface area contributed by atoms with Crippen LogP contribution in [0.1, 0.15) is 12.8 Å². The summed E-state index contributed by atoms with van der Waals surface area (Å²) in [4.78, 5) is 10.2. The highest BCUT2D eigenvalue weighted by molar-refractivity contribution is 5.77. The number of anilines is 1. The van der Waals surface area contributed by atoms with Gasteiger partial charge in [-0.25, -0.2) is 4.98 Å². The van der Waals surface area contributed by atoms with Gasteiger partial charge in [-0.2, -0.15) is 0 Å². The van der Waals surface area contributed by atoms with Gasteiger partial charge in [0.1, 0.15) is 0 Å². The highest BCUT2D eigenvalue weighted by Crippen LogP contribution is 2.22. The second kappa shape index (κ2) is 4.37. The summed E-state index contributed by atoms with van der Waals surface area (Å²) >= 11 is 0. The summed E-state index contributed by atoms with van der Waals surface area (Å²) in [5.41, 5.74) is 2.09. The van der Waals surface area contributed by atoms with Crippen molar-refractivity contribution in [2.24, 2.45) is 5.92 Å². The maximum absolute atomic E-state index is 9.24. The Bertz CT molecular complexity index is 475. The molecule has 1 aliphatic rings. The molecule has 4 nitrogen and oxygen atoms in total. The van der Waals surface area contributed by atoms with Gasteiger partial charge in [0.05, 0.1) is 11.0 Å². The van der Waals surface area contributed by atoms with E-state index >= 15 is 0 Å². The zero-order valence-corrected chi connectivity index (χ0v) is 9.76. The van der Waals surface area contributed by atoms with E-state index in [1.54, 1.807) is 0 Å². The number of piperidine rings is 1. The van der Waals surface area contributed by atoms with E-state index in [1.807, 2.05) is 24.3 Å². The van der Waals surface area contributed by atoms with Crippen LogP contribution in [0.25, 0.3) is 11.0 Å². The van der Waals surface area contributed by atoms with Crippen LogP contribution >= 0.6 is 0 Å². The fraction of sp³-hybridized carbons (Fsp3) is 0.462. The van der Waals surface area contributed by atoms with Crippen LogP contribution in [0.5, 0.6) is 0 Å². The summed E-state index contributed by atoms with van der Waals surface area (Å²) in [6, 6.07) is 8.07. The minimum Gasteiger partial charge on any atom is -0.396 e. The number of benzene rings is 1. The lowest BCUT2D eigenvalue weighted by atomic mass is 9.99. The van der Waals surface area contributed by atoms with Crippen LogP contribution in [0.4, 0.5) is 5.95 Å². The molecule has 0 aliphatic carbocycles. The van der Waals surface area contributed by atoms with Gasteiger partial charge in [0.2, 0.25) is 5.95 Å². The number of aromatic nitrogens is 2. The molecular formula is C13H17N3O. The van der Waals surface area contributed by atoms with Crippen LogP contribution in [-0.4, -0.2) is 34.8 Å². The zero-order valence-electron chi connectivity index (χ0n) is 9.76. The van der Waals surface area contributed by atoms with Crippen LogP contribution in [-0.2, 0) is 0 Å². The first-order chi connectivity index (χ1) is 8.36.